The lowest BCUT2D eigenvalue weighted by Crippen LogP contribution is -2.40. The molecule has 0 aliphatic carbocycles. The van der Waals surface area contributed by atoms with Crippen LogP contribution in [-0.4, -0.2) is 39.8 Å². The SMILES string of the molecule is O=C(CN1CCCCCC1=O)NCc1cnc[nH]1. The molecule has 2 heterocycles. The Morgan fingerprint density at radius 1 is 1.44 bits per heavy atom. The third-order valence-corrected chi connectivity index (χ3v) is 3.04. The minimum atomic E-state index is -0.125. The molecule has 2 amide bonds. The van der Waals surface area contributed by atoms with Crippen LogP contribution in [0.15, 0.2) is 12.5 Å². The molecule has 2 rings (SSSR count). The summed E-state index contributed by atoms with van der Waals surface area (Å²) in [6.07, 6.45) is 6.79. The van der Waals surface area contributed by atoms with E-state index in [0.717, 1.165) is 25.0 Å². The molecule has 0 aromatic carbocycles. The van der Waals surface area contributed by atoms with E-state index in [1.165, 1.54) is 0 Å². The summed E-state index contributed by atoms with van der Waals surface area (Å²) in [6.45, 7) is 1.27. The summed E-state index contributed by atoms with van der Waals surface area (Å²) in [5, 5.41) is 2.77. The fourth-order valence-corrected chi connectivity index (χ4v) is 2.01. The van der Waals surface area contributed by atoms with Crippen LogP contribution < -0.4 is 5.32 Å². The average molecular weight is 250 g/mol. The van der Waals surface area contributed by atoms with Gasteiger partial charge in [0.15, 0.2) is 0 Å². The molecule has 2 N–H and O–H groups in total. The van der Waals surface area contributed by atoms with E-state index >= 15 is 0 Å². The maximum Gasteiger partial charge on any atom is 0.239 e. The maximum atomic E-state index is 11.7. The van der Waals surface area contributed by atoms with Crippen molar-refractivity contribution in [3.05, 3.63) is 18.2 Å². The van der Waals surface area contributed by atoms with E-state index in [9.17, 15) is 9.59 Å². The van der Waals surface area contributed by atoms with E-state index in [4.69, 9.17) is 0 Å². The number of likely N-dealkylation sites (tertiary alicyclic amines) is 1. The number of rotatable bonds is 4. The molecule has 18 heavy (non-hydrogen) atoms. The number of nitrogens with one attached hydrogen (secondary N) is 2. The summed E-state index contributed by atoms with van der Waals surface area (Å²) in [4.78, 5) is 31.9. The predicted octanol–water partition coefficient (Wildman–Crippen LogP) is 0.428. The number of hydrogen-bond acceptors (Lipinski definition) is 3. The molecule has 0 spiro atoms. The molecule has 0 radical (unpaired) electrons. The molecule has 1 aliphatic heterocycles. The number of imidazole rings is 1. The molecule has 1 fully saturated rings. The molecule has 0 unspecified atom stereocenters. The minimum absolute atomic E-state index is 0.0872. The predicted molar refractivity (Wildman–Crippen MR) is 65.5 cm³/mol. The second kappa shape index (κ2) is 6.18. The van der Waals surface area contributed by atoms with E-state index < -0.39 is 0 Å². The lowest BCUT2D eigenvalue weighted by molar-refractivity contribution is -0.135. The lowest BCUT2D eigenvalue weighted by Gasteiger charge is -2.19. The number of aromatic amines is 1. The molecule has 0 saturated carbocycles. The zero-order chi connectivity index (χ0) is 12.8. The van der Waals surface area contributed by atoms with Gasteiger partial charge in [0, 0.05) is 19.2 Å². The molecule has 0 atom stereocenters. The molecule has 1 aliphatic rings. The Labute approximate surface area is 106 Å². The summed E-state index contributed by atoms with van der Waals surface area (Å²) >= 11 is 0. The molecule has 98 valence electrons. The van der Waals surface area contributed by atoms with Gasteiger partial charge in [-0.25, -0.2) is 4.98 Å². The smallest absolute Gasteiger partial charge is 0.239 e. The van der Waals surface area contributed by atoms with Crippen molar-refractivity contribution in [3.8, 4) is 0 Å². The van der Waals surface area contributed by atoms with Crippen LogP contribution in [0, 0.1) is 0 Å². The van der Waals surface area contributed by atoms with Gasteiger partial charge in [0.05, 0.1) is 25.1 Å². The zero-order valence-electron chi connectivity index (χ0n) is 10.3. The third-order valence-electron chi connectivity index (χ3n) is 3.04. The van der Waals surface area contributed by atoms with Gasteiger partial charge in [-0.1, -0.05) is 6.42 Å². The summed E-state index contributed by atoms with van der Waals surface area (Å²) < 4.78 is 0. The van der Waals surface area contributed by atoms with E-state index in [-0.39, 0.29) is 18.4 Å². The fraction of sp³-hybridized carbons (Fsp3) is 0.583. The second-order valence-corrected chi connectivity index (χ2v) is 4.48. The van der Waals surface area contributed by atoms with Crippen LogP contribution in [0.25, 0.3) is 0 Å². The largest absolute Gasteiger partial charge is 0.349 e. The van der Waals surface area contributed by atoms with Crippen LogP contribution in [-0.2, 0) is 16.1 Å². The highest BCUT2D eigenvalue weighted by atomic mass is 16.2. The van der Waals surface area contributed by atoms with Crippen molar-refractivity contribution < 1.29 is 9.59 Å². The van der Waals surface area contributed by atoms with Crippen molar-refractivity contribution in [3.63, 3.8) is 0 Å². The first-order valence-electron chi connectivity index (χ1n) is 6.27. The monoisotopic (exact) mass is 250 g/mol. The van der Waals surface area contributed by atoms with Crippen LogP contribution in [0.2, 0.25) is 0 Å². The fourth-order valence-electron chi connectivity index (χ4n) is 2.01. The van der Waals surface area contributed by atoms with E-state index in [1.54, 1.807) is 17.4 Å². The van der Waals surface area contributed by atoms with Gasteiger partial charge in [0.1, 0.15) is 0 Å². The maximum absolute atomic E-state index is 11.7. The normalized spacial score (nSPS) is 16.4. The quantitative estimate of drug-likeness (QED) is 0.813. The number of nitrogens with zero attached hydrogens (tertiary/aromatic N) is 2. The van der Waals surface area contributed by atoms with Crippen LogP contribution in [0.5, 0.6) is 0 Å². The number of carbonyl (C=O) groups excluding carboxylic acids is 2. The molecular formula is C12H18N4O2. The zero-order valence-corrected chi connectivity index (χ0v) is 10.3. The molecule has 0 bridgehead atoms. The van der Waals surface area contributed by atoms with Gasteiger partial charge in [-0.15, -0.1) is 0 Å². The van der Waals surface area contributed by atoms with E-state index in [0.29, 0.717) is 19.5 Å². The highest BCUT2D eigenvalue weighted by Gasteiger charge is 2.18. The Morgan fingerprint density at radius 2 is 2.33 bits per heavy atom. The molecular weight excluding hydrogens is 232 g/mol. The summed E-state index contributed by atoms with van der Waals surface area (Å²) in [5.74, 6) is -0.0379. The van der Waals surface area contributed by atoms with Gasteiger partial charge in [-0.3, -0.25) is 9.59 Å². The number of carbonyl (C=O) groups is 2. The molecule has 1 aromatic heterocycles. The van der Waals surface area contributed by atoms with Gasteiger partial charge in [-0.05, 0) is 12.8 Å². The lowest BCUT2D eigenvalue weighted by atomic mass is 10.2. The van der Waals surface area contributed by atoms with E-state index in [2.05, 4.69) is 15.3 Å². The first-order valence-corrected chi connectivity index (χ1v) is 6.27. The molecule has 6 heteroatoms. The van der Waals surface area contributed by atoms with Gasteiger partial charge in [-0.2, -0.15) is 0 Å². The minimum Gasteiger partial charge on any atom is -0.349 e. The van der Waals surface area contributed by atoms with E-state index in [1.807, 2.05) is 0 Å². The molecule has 1 aromatic rings. The Morgan fingerprint density at radius 3 is 3.11 bits per heavy atom. The van der Waals surface area contributed by atoms with Gasteiger partial charge in [0.25, 0.3) is 0 Å². The van der Waals surface area contributed by atoms with Crippen molar-refractivity contribution in [2.75, 3.05) is 13.1 Å². The average Bonchev–Trinajstić information content (AvgIpc) is 2.80. The first kappa shape index (κ1) is 12.6. The van der Waals surface area contributed by atoms with Crippen molar-refractivity contribution in [1.29, 1.82) is 0 Å². The van der Waals surface area contributed by atoms with Crippen LogP contribution in [0.1, 0.15) is 31.4 Å². The van der Waals surface area contributed by atoms with Crippen LogP contribution in [0.3, 0.4) is 0 Å². The van der Waals surface area contributed by atoms with Crippen molar-refractivity contribution in [2.24, 2.45) is 0 Å². The first-order chi connectivity index (χ1) is 8.75. The summed E-state index contributed by atoms with van der Waals surface area (Å²) in [7, 11) is 0. The number of aromatic nitrogens is 2. The standard InChI is InChI=1S/C12H18N4O2/c17-11(14-7-10-6-13-9-15-10)8-16-5-3-1-2-4-12(16)18/h6,9H,1-5,7-8H2,(H,13,15)(H,14,17). The van der Waals surface area contributed by atoms with Crippen LogP contribution >= 0.6 is 0 Å². The summed E-state index contributed by atoms with van der Waals surface area (Å²) in [5.41, 5.74) is 0.852. The van der Waals surface area contributed by atoms with Crippen molar-refractivity contribution in [2.45, 2.75) is 32.2 Å². The van der Waals surface area contributed by atoms with Crippen molar-refractivity contribution in [1.82, 2.24) is 20.2 Å². The number of amides is 2. The highest BCUT2D eigenvalue weighted by Crippen LogP contribution is 2.10. The van der Waals surface area contributed by atoms with Crippen LogP contribution in [0.4, 0.5) is 0 Å². The van der Waals surface area contributed by atoms with Crippen molar-refractivity contribution >= 4 is 11.8 Å². The second-order valence-electron chi connectivity index (χ2n) is 4.48. The topological polar surface area (TPSA) is 78.1 Å². The number of H-pyrrole nitrogens is 1. The number of hydrogen-bond donors (Lipinski definition) is 2. The third kappa shape index (κ3) is 3.58. The highest BCUT2D eigenvalue weighted by molar-refractivity contribution is 5.84. The Hall–Kier alpha value is -1.85. The summed E-state index contributed by atoms with van der Waals surface area (Å²) in [6, 6.07) is 0. The van der Waals surface area contributed by atoms with Gasteiger partial charge in [0.2, 0.25) is 11.8 Å². The Balaban J connectivity index is 1.77. The molecule has 1 saturated heterocycles. The molecule has 6 nitrogen and oxygen atoms in total. The van der Waals surface area contributed by atoms with Gasteiger partial charge < -0.3 is 15.2 Å². The Kier molecular flexibility index (Phi) is 4.33. The Bertz CT molecular complexity index is 402. The van der Waals surface area contributed by atoms with Gasteiger partial charge >= 0.3 is 0 Å².